The van der Waals surface area contributed by atoms with Gasteiger partial charge in [0.2, 0.25) is 11.8 Å². The number of likely N-dealkylation sites (tertiary alicyclic amines) is 1. The second-order valence-corrected chi connectivity index (χ2v) is 6.41. The molecular formula is C16H15FN2O4. The van der Waals surface area contributed by atoms with Crippen molar-refractivity contribution in [1.82, 2.24) is 10.2 Å². The number of halogens is 1. The van der Waals surface area contributed by atoms with Crippen LogP contribution in [0.5, 0.6) is 0 Å². The van der Waals surface area contributed by atoms with E-state index in [0.717, 1.165) is 11.0 Å². The summed E-state index contributed by atoms with van der Waals surface area (Å²) < 4.78 is 13.9. The van der Waals surface area contributed by atoms with Crippen LogP contribution in [0.25, 0.3) is 0 Å². The molecule has 1 unspecified atom stereocenters. The van der Waals surface area contributed by atoms with E-state index in [-0.39, 0.29) is 24.0 Å². The molecule has 23 heavy (non-hydrogen) atoms. The fourth-order valence-corrected chi connectivity index (χ4v) is 3.02. The van der Waals surface area contributed by atoms with Gasteiger partial charge in [-0.05, 0) is 18.6 Å². The van der Waals surface area contributed by atoms with E-state index in [1.807, 2.05) is 0 Å². The van der Waals surface area contributed by atoms with Gasteiger partial charge in [-0.1, -0.05) is 19.9 Å². The van der Waals surface area contributed by atoms with Crippen molar-refractivity contribution in [2.45, 2.75) is 32.7 Å². The van der Waals surface area contributed by atoms with Gasteiger partial charge in [0.1, 0.15) is 11.9 Å². The Labute approximate surface area is 131 Å². The fourth-order valence-electron chi connectivity index (χ4n) is 3.02. The van der Waals surface area contributed by atoms with Crippen molar-refractivity contribution in [3.05, 3.63) is 35.2 Å². The Morgan fingerprint density at radius 2 is 1.78 bits per heavy atom. The summed E-state index contributed by atoms with van der Waals surface area (Å²) in [6.07, 6.45) is 3.99. The van der Waals surface area contributed by atoms with Crippen LogP contribution in [0.3, 0.4) is 0 Å². The van der Waals surface area contributed by atoms with Crippen molar-refractivity contribution in [2.75, 3.05) is 0 Å². The van der Waals surface area contributed by atoms with Crippen LogP contribution < -0.4 is 5.32 Å². The standard InChI is InChI=1S/C16H15FN2O4/c1-16(2)6-8(17)5-9-10(7-16)15(23)19(14(9)22)11-3-4-12(20)18-13(11)21/h5-7,11H,3-4H2,1-2H3,(H,18,20,21). The van der Waals surface area contributed by atoms with Crippen LogP contribution in [0, 0.1) is 5.41 Å². The number of piperidine rings is 1. The fraction of sp³-hybridized carbons (Fsp3) is 0.375. The van der Waals surface area contributed by atoms with E-state index < -0.39 is 40.9 Å². The second kappa shape index (κ2) is 4.97. The molecule has 120 valence electrons. The molecule has 2 fully saturated rings. The summed E-state index contributed by atoms with van der Waals surface area (Å²) in [7, 11) is 0. The van der Waals surface area contributed by atoms with E-state index in [0.29, 0.717) is 0 Å². The van der Waals surface area contributed by atoms with Crippen molar-refractivity contribution in [2.24, 2.45) is 5.41 Å². The van der Waals surface area contributed by atoms with Crippen molar-refractivity contribution >= 4 is 23.6 Å². The summed E-state index contributed by atoms with van der Waals surface area (Å²) in [4.78, 5) is 49.1. The van der Waals surface area contributed by atoms with Gasteiger partial charge in [0.15, 0.2) is 0 Å². The van der Waals surface area contributed by atoms with Gasteiger partial charge in [0, 0.05) is 17.4 Å². The molecule has 3 aliphatic rings. The molecule has 3 rings (SSSR count). The van der Waals surface area contributed by atoms with Crippen LogP contribution in [-0.4, -0.2) is 34.6 Å². The molecule has 6 nitrogen and oxygen atoms in total. The minimum Gasteiger partial charge on any atom is -0.295 e. The number of allylic oxidation sites excluding steroid dienone is 4. The zero-order chi connectivity index (χ0) is 16.9. The van der Waals surface area contributed by atoms with Crippen LogP contribution in [0.2, 0.25) is 0 Å². The van der Waals surface area contributed by atoms with Gasteiger partial charge in [0.05, 0.1) is 5.57 Å². The lowest BCUT2D eigenvalue weighted by Gasteiger charge is -2.27. The molecule has 1 aliphatic carbocycles. The number of nitrogens with zero attached hydrogens (tertiary/aromatic N) is 1. The largest absolute Gasteiger partial charge is 0.295 e. The molecule has 0 radical (unpaired) electrons. The highest BCUT2D eigenvalue weighted by molar-refractivity contribution is 6.26. The minimum atomic E-state index is -1.04. The number of rotatable bonds is 1. The van der Waals surface area contributed by atoms with Crippen LogP contribution in [0.1, 0.15) is 26.7 Å². The number of hydrogen-bond donors (Lipinski definition) is 1. The quantitative estimate of drug-likeness (QED) is 0.728. The third-order valence-corrected chi connectivity index (χ3v) is 4.02. The van der Waals surface area contributed by atoms with Gasteiger partial charge >= 0.3 is 0 Å². The first kappa shape index (κ1) is 15.3. The van der Waals surface area contributed by atoms with Gasteiger partial charge in [-0.15, -0.1) is 0 Å². The highest BCUT2D eigenvalue weighted by Crippen LogP contribution is 2.37. The maximum Gasteiger partial charge on any atom is 0.262 e. The smallest absolute Gasteiger partial charge is 0.262 e. The normalized spacial score (nSPS) is 27.0. The molecule has 2 saturated heterocycles. The van der Waals surface area contributed by atoms with Crippen LogP contribution in [0.4, 0.5) is 4.39 Å². The number of hydrogen-bond acceptors (Lipinski definition) is 4. The summed E-state index contributed by atoms with van der Waals surface area (Å²) in [6.45, 7) is 3.42. The molecule has 0 aromatic rings. The third-order valence-electron chi connectivity index (χ3n) is 4.02. The Morgan fingerprint density at radius 1 is 1.13 bits per heavy atom. The van der Waals surface area contributed by atoms with Crippen LogP contribution in [-0.2, 0) is 19.2 Å². The lowest BCUT2D eigenvalue weighted by molar-refractivity contribution is -0.149. The summed E-state index contributed by atoms with van der Waals surface area (Å²) in [6, 6.07) is -1.04. The van der Waals surface area contributed by atoms with Gasteiger partial charge in [-0.3, -0.25) is 29.4 Å². The average molecular weight is 318 g/mol. The molecule has 0 aromatic heterocycles. The number of amides is 4. The Balaban J connectivity index is 2.03. The van der Waals surface area contributed by atoms with E-state index >= 15 is 0 Å². The number of nitrogens with one attached hydrogen (secondary N) is 1. The Hall–Kier alpha value is -2.57. The lowest BCUT2D eigenvalue weighted by Crippen LogP contribution is -2.54. The maximum atomic E-state index is 13.9. The van der Waals surface area contributed by atoms with E-state index in [2.05, 4.69) is 5.32 Å². The van der Waals surface area contributed by atoms with Crippen LogP contribution in [0.15, 0.2) is 35.2 Å². The molecule has 0 saturated carbocycles. The predicted molar refractivity (Wildman–Crippen MR) is 77.2 cm³/mol. The third kappa shape index (κ3) is 2.52. The first-order valence-corrected chi connectivity index (χ1v) is 7.24. The molecular weight excluding hydrogens is 303 g/mol. The molecule has 2 aliphatic heterocycles. The van der Waals surface area contributed by atoms with Crippen molar-refractivity contribution < 1.29 is 23.6 Å². The lowest BCUT2D eigenvalue weighted by atomic mass is 9.90. The second-order valence-electron chi connectivity index (χ2n) is 6.41. The molecule has 2 heterocycles. The summed E-state index contributed by atoms with van der Waals surface area (Å²) in [5.74, 6) is -3.07. The first-order chi connectivity index (χ1) is 10.7. The van der Waals surface area contributed by atoms with Gasteiger partial charge in [-0.2, -0.15) is 0 Å². The predicted octanol–water partition coefficient (Wildman–Crippen LogP) is 0.906. The Kier molecular flexibility index (Phi) is 3.31. The zero-order valence-corrected chi connectivity index (χ0v) is 12.7. The SMILES string of the molecule is CC1(C)C=C(F)C=C2C(=O)N(C3CCC(=O)NC3=O)C(=O)C2=C1. The van der Waals surface area contributed by atoms with E-state index in [9.17, 15) is 23.6 Å². The first-order valence-electron chi connectivity index (χ1n) is 7.24. The van der Waals surface area contributed by atoms with E-state index in [1.54, 1.807) is 13.8 Å². The van der Waals surface area contributed by atoms with Crippen molar-refractivity contribution in [3.63, 3.8) is 0 Å². The van der Waals surface area contributed by atoms with Gasteiger partial charge in [0.25, 0.3) is 11.8 Å². The average Bonchev–Trinajstić information content (AvgIpc) is 2.56. The Morgan fingerprint density at radius 3 is 2.43 bits per heavy atom. The summed E-state index contributed by atoms with van der Waals surface area (Å²) in [5.41, 5.74) is -0.707. The van der Waals surface area contributed by atoms with E-state index in [1.165, 1.54) is 12.2 Å². The highest BCUT2D eigenvalue weighted by atomic mass is 19.1. The topological polar surface area (TPSA) is 83.6 Å². The molecule has 1 atom stereocenters. The number of imide groups is 2. The van der Waals surface area contributed by atoms with Crippen molar-refractivity contribution in [3.8, 4) is 0 Å². The number of carbonyl (C=O) groups excluding carboxylic acids is 4. The zero-order valence-electron chi connectivity index (χ0n) is 12.7. The van der Waals surface area contributed by atoms with Gasteiger partial charge < -0.3 is 0 Å². The van der Waals surface area contributed by atoms with E-state index in [4.69, 9.17) is 0 Å². The monoisotopic (exact) mass is 318 g/mol. The highest BCUT2D eigenvalue weighted by Gasteiger charge is 2.47. The number of carbonyl (C=O) groups is 4. The molecule has 0 spiro atoms. The van der Waals surface area contributed by atoms with Crippen LogP contribution >= 0.6 is 0 Å². The minimum absolute atomic E-state index is 0.0469. The summed E-state index contributed by atoms with van der Waals surface area (Å²) in [5, 5.41) is 2.12. The number of fused-ring (bicyclic) bond motifs is 1. The maximum absolute atomic E-state index is 13.9. The van der Waals surface area contributed by atoms with Gasteiger partial charge in [-0.25, -0.2) is 4.39 Å². The van der Waals surface area contributed by atoms with Crippen molar-refractivity contribution in [1.29, 1.82) is 0 Å². The molecule has 0 bridgehead atoms. The molecule has 4 amide bonds. The Bertz CT molecular complexity index is 745. The molecule has 1 N–H and O–H groups in total. The summed E-state index contributed by atoms with van der Waals surface area (Å²) >= 11 is 0. The molecule has 7 heteroatoms. The molecule has 0 aromatic carbocycles.